The third kappa shape index (κ3) is 3.59. The van der Waals surface area contributed by atoms with E-state index in [0.717, 1.165) is 6.54 Å². The highest BCUT2D eigenvalue weighted by atomic mass is 32.1. The molecule has 0 aliphatic carbocycles. The van der Waals surface area contributed by atoms with Crippen LogP contribution in [0.1, 0.15) is 37.3 Å². The fourth-order valence-corrected chi connectivity index (χ4v) is 2.37. The average molecular weight is 227 g/mol. The molecule has 0 radical (unpaired) electrons. The van der Waals surface area contributed by atoms with Gasteiger partial charge in [0.1, 0.15) is 0 Å². The van der Waals surface area contributed by atoms with Gasteiger partial charge in [-0.1, -0.05) is 13.8 Å². The Bertz CT molecular complexity index is 306. The number of hydrogen-bond acceptors (Lipinski definition) is 3. The molecule has 0 aliphatic heterocycles. The summed E-state index contributed by atoms with van der Waals surface area (Å²) in [6.07, 6.45) is 0. The second kappa shape index (κ2) is 5.10. The van der Waals surface area contributed by atoms with E-state index in [0.29, 0.717) is 6.04 Å². The molecule has 0 bridgehead atoms. The first-order valence-corrected chi connectivity index (χ1v) is 6.22. The number of rotatable bonds is 5. The van der Waals surface area contributed by atoms with Crippen LogP contribution in [-0.4, -0.2) is 18.3 Å². The van der Waals surface area contributed by atoms with Crippen LogP contribution in [-0.2, 0) is 0 Å². The van der Waals surface area contributed by atoms with Gasteiger partial charge in [0.15, 0.2) is 0 Å². The molecule has 15 heavy (non-hydrogen) atoms. The summed E-state index contributed by atoms with van der Waals surface area (Å²) in [5.74, 6) is 0. The number of thiophene rings is 1. The van der Waals surface area contributed by atoms with Crippen molar-refractivity contribution in [2.45, 2.75) is 33.7 Å². The molecule has 0 spiro atoms. The summed E-state index contributed by atoms with van der Waals surface area (Å²) in [4.78, 5) is 1.39. The van der Waals surface area contributed by atoms with Crippen LogP contribution in [0.3, 0.4) is 0 Å². The van der Waals surface area contributed by atoms with E-state index in [1.54, 1.807) is 11.3 Å². The van der Waals surface area contributed by atoms with Crippen molar-refractivity contribution in [1.82, 2.24) is 5.32 Å². The molecule has 1 heterocycles. The Balaban J connectivity index is 2.50. The van der Waals surface area contributed by atoms with Crippen LogP contribution in [0.4, 0.5) is 0 Å². The van der Waals surface area contributed by atoms with E-state index in [9.17, 15) is 0 Å². The lowest BCUT2D eigenvalue weighted by Crippen LogP contribution is -2.33. The Labute approximate surface area is 96.3 Å². The lowest BCUT2D eigenvalue weighted by Gasteiger charge is -2.24. The van der Waals surface area contributed by atoms with Crippen LogP contribution in [0.15, 0.2) is 11.4 Å². The fraction of sp³-hybridized carbons (Fsp3) is 0.667. The van der Waals surface area contributed by atoms with Crippen molar-refractivity contribution in [2.75, 3.05) is 13.2 Å². The van der Waals surface area contributed by atoms with Crippen molar-refractivity contribution in [2.24, 2.45) is 5.41 Å². The van der Waals surface area contributed by atoms with E-state index >= 15 is 0 Å². The van der Waals surface area contributed by atoms with Gasteiger partial charge in [0.25, 0.3) is 0 Å². The minimum absolute atomic E-state index is 0.0422. The topological polar surface area (TPSA) is 32.3 Å². The van der Waals surface area contributed by atoms with Gasteiger partial charge in [-0.25, -0.2) is 0 Å². The summed E-state index contributed by atoms with van der Waals surface area (Å²) in [5.41, 5.74) is 1.31. The summed E-state index contributed by atoms with van der Waals surface area (Å²) >= 11 is 1.79. The van der Waals surface area contributed by atoms with Crippen LogP contribution in [0, 0.1) is 12.3 Å². The normalized spacial score (nSPS) is 14.2. The van der Waals surface area contributed by atoms with Gasteiger partial charge in [-0.3, -0.25) is 0 Å². The van der Waals surface area contributed by atoms with Crippen molar-refractivity contribution in [1.29, 1.82) is 0 Å². The molecule has 0 aromatic carbocycles. The maximum Gasteiger partial charge on any atom is 0.0494 e. The largest absolute Gasteiger partial charge is 0.396 e. The zero-order valence-corrected chi connectivity index (χ0v) is 10.8. The van der Waals surface area contributed by atoms with E-state index in [1.165, 1.54) is 10.4 Å². The standard InChI is InChI=1S/C12H21NOS/c1-9-5-6-15-11(9)10(2)13-7-12(3,4)8-14/h5-6,10,13-14H,7-8H2,1-4H3. The molecule has 0 saturated carbocycles. The number of aliphatic hydroxyl groups excluding tert-OH is 1. The first-order valence-electron chi connectivity index (χ1n) is 5.34. The third-order valence-electron chi connectivity index (χ3n) is 2.61. The van der Waals surface area contributed by atoms with E-state index in [4.69, 9.17) is 5.11 Å². The molecule has 3 heteroatoms. The second-order valence-electron chi connectivity index (χ2n) is 4.89. The van der Waals surface area contributed by atoms with Gasteiger partial charge < -0.3 is 10.4 Å². The van der Waals surface area contributed by atoms with Gasteiger partial charge in [-0.05, 0) is 30.9 Å². The quantitative estimate of drug-likeness (QED) is 0.810. The van der Waals surface area contributed by atoms with Gasteiger partial charge in [-0.15, -0.1) is 11.3 Å². The summed E-state index contributed by atoms with van der Waals surface area (Å²) in [7, 11) is 0. The highest BCUT2D eigenvalue weighted by Gasteiger charge is 2.18. The van der Waals surface area contributed by atoms with Gasteiger partial charge in [0.05, 0.1) is 0 Å². The van der Waals surface area contributed by atoms with Crippen LogP contribution < -0.4 is 5.32 Å². The van der Waals surface area contributed by atoms with Gasteiger partial charge >= 0.3 is 0 Å². The Kier molecular flexibility index (Phi) is 4.32. The van der Waals surface area contributed by atoms with Gasteiger partial charge in [0, 0.05) is 29.5 Å². The summed E-state index contributed by atoms with van der Waals surface area (Å²) in [6, 6.07) is 2.52. The SMILES string of the molecule is Cc1ccsc1C(C)NCC(C)(C)CO. The second-order valence-corrected chi connectivity index (χ2v) is 5.84. The smallest absolute Gasteiger partial charge is 0.0494 e. The van der Waals surface area contributed by atoms with E-state index in [1.807, 2.05) is 0 Å². The van der Waals surface area contributed by atoms with Crippen LogP contribution in [0.5, 0.6) is 0 Å². The number of aryl methyl sites for hydroxylation is 1. The predicted molar refractivity (Wildman–Crippen MR) is 66.3 cm³/mol. The van der Waals surface area contributed by atoms with Crippen molar-refractivity contribution >= 4 is 11.3 Å². The Morgan fingerprint density at radius 1 is 1.53 bits per heavy atom. The zero-order chi connectivity index (χ0) is 11.5. The van der Waals surface area contributed by atoms with E-state index in [2.05, 4.69) is 44.5 Å². The molecule has 0 aliphatic rings. The molecule has 1 aromatic rings. The highest BCUT2D eigenvalue weighted by molar-refractivity contribution is 7.10. The van der Waals surface area contributed by atoms with Crippen LogP contribution in [0.25, 0.3) is 0 Å². The molecular weight excluding hydrogens is 206 g/mol. The highest BCUT2D eigenvalue weighted by Crippen LogP contribution is 2.24. The van der Waals surface area contributed by atoms with Crippen molar-refractivity contribution in [3.05, 3.63) is 21.9 Å². The molecular formula is C12H21NOS. The summed E-state index contributed by atoms with van der Waals surface area (Å²) in [6.45, 7) is 9.49. The maximum absolute atomic E-state index is 9.15. The molecule has 0 amide bonds. The van der Waals surface area contributed by atoms with E-state index in [-0.39, 0.29) is 12.0 Å². The maximum atomic E-state index is 9.15. The average Bonchev–Trinajstić information content (AvgIpc) is 2.61. The minimum atomic E-state index is -0.0422. The molecule has 2 nitrogen and oxygen atoms in total. The number of nitrogens with one attached hydrogen (secondary N) is 1. The van der Waals surface area contributed by atoms with Crippen molar-refractivity contribution < 1.29 is 5.11 Å². The molecule has 1 aromatic heterocycles. The van der Waals surface area contributed by atoms with Gasteiger partial charge in [-0.2, -0.15) is 0 Å². The van der Waals surface area contributed by atoms with Crippen molar-refractivity contribution in [3.8, 4) is 0 Å². The molecule has 1 rings (SSSR count). The molecule has 1 atom stereocenters. The molecule has 0 fully saturated rings. The molecule has 0 saturated heterocycles. The van der Waals surface area contributed by atoms with E-state index < -0.39 is 0 Å². The Morgan fingerprint density at radius 2 is 2.20 bits per heavy atom. The summed E-state index contributed by atoms with van der Waals surface area (Å²) in [5, 5.41) is 14.7. The molecule has 86 valence electrons. The lowest BCUT2D eigenvalue weighted by atomic mass is 9.94. The first kappa shape index (κ1) is 12.7. The fourth-order valence-electron chi connectivity index (χ4n) is 1.41. The van der Waals surface area contributed by atoms with Crippen LogP contribution in [0.2, 0.25) is 0 Å². The monoisotopic (exact) mass is 227 g/mol. The molecule has 2 N–H and O–H groups in total. The predicted octanol–water partition coefficient (Wildman–Crippen LogP) is 2.73. The molecule has 1 unspecified atom stereocenters. The number of aliphatic hydroxyl groups is 1. The zero-order valence-electron chi connectivity index (χ0n) is 10.0. The Hall–Kier alpha value is -0.380. The van der Waals surface area contributed by atoms with Crippen LogP contribution >= 0.6 is 11.3 Å². The van der Waals surface area contributed by atoms with Gasteiger partial charge in [0.2, 0.25) is 0 Å². The minimum Gasteiger partial charge on any atom is -0.396 e. The third-order valence-corrected chi connectivity index (χ3v) is 3.81. The summed E-state index contributed by atoms with van der Waals surface area (Å²) < 4.78 is 0. The Morgan fingerprint density at radius 3 is 2.67 bits per heavy atom. The first-order chi connectivity index (χ1) is 6.96. The number of hydrogen-bond donors (Lipinski definition) is 2. The van der Waals surface area contributed by atoms with Crippen molar-refractivity contribution in [3.63, 3.8) is 0 Å². The lowest BCUT2D eigenvalue weighted by molar-refractivity contribution is 0.154.